The lowest BCUT2D eigenvalue weighted by Gasteiger charge is -2.03. The summed E-state index contributed by atoms with van der Waals surface area (Å²) in [6, 6.07) is 11.0. The molecule has 3 heterocycles. The molecule has 0 spiro atoms. The third-order valence-electron chi connectivity index (χ3n) is 3.85. The third kappa shape index (κ3) is 4.72. The van der Waals surface area contributed by atoms with Crippen LogP contribution in [0, 0.1) is 0 Å². The number of furan rings is 1. The molecule has 0 saturated heterocycles. The molecule has 1 N–H and O–H groups in total. The molecule has 0 unspecified atom stereocenters. The van der Waals surface area contributed by atoms with Gasteiger partial charge in [0.05, 0.1) is 11.4 Å². The fourth-order valence-corrected chi connectivity index (χ4v) is 4.34. The average molecular weight is 511 g/mol. The number of amides is 1. The number of carbonyl (C=O) groups is 1. The third-order valence-corrected chi connectivity index (χ3v) is 6.31. The van der Waals surface area contributed by atoms with Gasteiger partial charge >= 0.3 is 0 Å². The molecule has 0 bridgehead atoms. The van der Waals surface area contributed by atoms with Crippen molar-refractivity contribution < 1.29 is 9.21 Å². The second kappa shape index (κ2) is 8.70. The smallest absolute Gasteiger partial charge is 0.236 e. The molecule has 29 heavy (non-hydrogen) atoms. The predicted octanol–water partition coefficient (Wildman–Crippen LogP) is 5.35. The van der Waals surface area contributed by atoms with E-state index in [0.717, 1.165) is 11.3 Å². The summed E-state index contributed by atoms with van der Waals surface area (Å²) in [5.74, 6) is 1.20. The lowest BCUT2D eigenvalue weighted by atomic mass is 10.2. The molecule has 0 radical (unpaired) electrons. The molecule has 148 valence electrons. The first-order chi connectivity index (χ1) is 14.0. The Bertz CT molecular complexity index is 1160. The van der Waals surface area contributed by atoms with Crippen LogP contribution in [0.15, 0.2) is 56.0 Å². The quantitative estimate of drug-likeness (QED) is 0.352. The molecule has 1 amide bonds. The normalized spacial score (nSPS) is 11.0. The number of thiazole rings is 1. The minimum Gasteiger partial charge on any atom is -0.446 e. The van der Waals surface area contributed by atoms with Crippen LogP contribution in [0.4, 0.5) is 5.13 Å². The second-order valence-electron chi connectivity index (χ2n) is 5.85. The zero-order chi connectivity index (χ0) is 20.4. The van der Waals surface area contributed by atoms with E-state index in [2.05, 4.69) is 36.4 Å². The summed E-state index contributed by atoms with van der Waals surface area (Å²) < 4.78 is 7.90. The van der Waals surface area contributed by atoms with Crippen molar-refractivity contribution in [3.63, 3.8) is 0 Å². The zero-order valence-electron chi connectivity index (χ0n) is 14.9. The Morgan fingerprint density at radius 2 is 2.07 bits per heavy atom. The van der Waals surface area contributed by atoms with E-state index in [1.54, 1.807) is 16.7 Å². The van der Waals surface area contributed by atoms with Crippen LogP contribution in [0.1, 0.15) is 0 Å². The number of hydrogen-bond donors (Lipinski definition) is 1. The van der Waals surface area contributed by atoms with Crippen LogP contribution in [-0.2, 0) is 11.8 Å². The zero-order valence-corrected chi connectivity index (χ0v) is 18.9. The minimum atomic E-state index is -0.169. The number of aromatic nitrogens is 4. The van der Waals surface area contributed by atoms with Gasteiger partial charge in [-0.05, 0) is 40.2 Å². The monoisotopic (exact) mass is 509 g/mol. The summed E-state index contributed by atoms with van der Waals surface area (Å²) in [5, 5.41) is 14.8. The maximum absolute atomic E-state index is 12.3. The maximum atomic E-state index is 12.3. The first kappa shape index (κ1) is 20.1. The van der Waals surface area contributed by atoms with Gasteiger partial charge in [-0.3, -0.25) is 4.79 Å². The van der Waals surface area contributed by atoms with E-state index in [-0.39, 0.29) is 11.7 Å². The topological polar surface area (TPSA) is 85.8 Å². The van der Waals surface area contributed by atoms with E-state index < -0.39 is 0 Å². The number of nitrogens with one attached hydrogen (secondary N) is 1. The summed E-state index contributed by atoms with van der Waals surface area (Å²) >= 11 is 11.8. The summed E-state index contributed by atoms with van der Waals surface area (Å²) in [6.45, 7) is 0. The highest BCUT2D eigenvalue weighted by Crippen LogP contribution is 2.28. The molecule has 4 rings (SSSR count). The van der Waals surface area contributed by atoms with Gasteiger partial charge in [0.1, 0.15) is 0 Å². The van der Waals surface area contributed by atoms with E-state index in [1.165, 1.54) is 23.1 Å². The van der Waals surface area contributed by atoms with Gasteiger partial charge in [0, 0.05) is 23.0 Å². The molecular formula is C18H13BrClN5O2S2. The van der Waals surface area contributed by atoms with Crippen LogP contribution in [-0.4, -0.2) is 31.4 Å². The number of benzene rings is 1. The predicted molar refractivity (Wildman–Crippen MR) is 118 cm³/mol. The van der Waals surface area contributed by atoms with Crippen LogP contribution < -0.4 is 5.32 Å². The van der Waals surface area contributed by atoms with Crippen LogP contribution in [0.25, 0.3) is 22.8 Å². The lowest BCUT2D eigenvalue weighted by Crippen LogP contribution is -2.14. The highest BCUT2D eigenvalue weighted by Gasteiger charge is 2.16. The molecule has 3 aromatic heterocycles. The SMILES string of the molecule is Cn1c(SCC(=O)Nc2nc(-c3ccc(Cl)cc3)cs2)nnc1-c1ccc(Br)o1. The number of halogens is 2. The number of hydrogen-bond acceptors (Lipinski definition) is 7. The van der Waals surface area contributed by atoms with Gasteiger partial charge in [0.2, 0.25) is 5.91 Å². The van der Waals surface area contributed by atoms with Crippen molar-refractivity contribution >= 4 is 61.7 Å². The number of carbonyl (C=O) groups excluding carboxylic acids is 1. The first-order valence-corrected chi connectivity index (χ1v) is 11.3. The Morgan fingerprint density at radius 3 is 2.79 bits per heavy atom. The number of thioether (sulfide) groups is 1. The first-order valence-electron chi connectivity index (χ1n) is 8.29. The molecule has 1 aromatic carbocycles. The van der Waals surface area contributed by atoms with E-state index in [9.17, 15) is 4.79 Å². The molecule has 0 aliphatic rings. The van der Waals surface area contributed by atoms with Gasteiger partial charge in [-0.15, -0.1) is 21.5 Å². The van der Waals surface area contributed by atoms with E-state index in [4.69, 9.17) is 16.0 Å². The Hall–Kier alpha value is -2.14. The maximum Gasteiger partial charge on any atom is 0.236 e. The van der Waals surface area contributed by atoms with Crippen molar-refractivity contribution in [3.8, 4) is 22.8 Å². The van der Waals surface area contributed by atoms with E-state index in [1.807, 2.05) is 36.7 Å². The number of nitrogens with zero attached hydrogens (tertiary/aromatic N) is 4. The van der Waals surface area contributed by atoms with E-state index in [0.29, 0.717) is 31.6 Å². The van der Waals surface area contributed by atoms with Gasteiger partial charge in [0.15, 0.2) is 26.5 Å². The van der Waals surface area contributed by atoms with E-state index >= 15 is 0 Å². The standard InChI is InChI=1S/C18H13BrClN5O2S2/c1-25-16(13-6-7-14(19)27-13)23-24-18(25)29-9-15(26)22-17-21-12(8-28-17)10-2-4-11(20)5-3-10/h2-8H,9H2,1H3,(H,21,22,26). The van der Waals surface area contributed by atoms with Crippen molar-refractivity contribution in [2.75, 3.05) is 11.1 Å². The molecule has 0 fully saturated rings. The van der Waals surface area contributed by atoms with Crippen molar-refractivity contribution in [3.05, 3.63) is 51.5 Å². The van der Waals surface area contributed by atoms with Gasteiger partial charge in [-0.25, -0.2) is 4.98 Å². The molecule has 7 nitrogen and oxygen atoms in total. The Morgan fingerprint density at radius 1 is 1.28 bits per heavy atom. The Labute approximate surface area is 187 Å². The highest BCUT2D eigenvalue weighted by atomic mass is 79.9. The molecule has 0 aliphatic carbocycles. The summed E-state index contributed by atoms with van der Waals surface area (Å²) in [5.41, 5.74) is 1.73. The Balaban J connectivity index is 1.36. The van der Waals surface area contributed by atoms with Gasteiger partial charge in [0.25, 0.3) is 0 Å². The summed E-state index contributed by atoms with van der Waals surface area (Å²) in [4.78, 5) is 16.8. The summed E-state index contributed by atoms with van der Waals surface area (Å²) in [6.07, 6.45) is 0. The molecular weight excluding hydrogens is 498 g/mol. The molecule has 11 heteroatoms. The van der Waals surface area contributed by atoms with Crippen LogP contribution in [0.5, 0.6) is 0 Å². The van der Waals surface area contributed by atoms with Gasteiger partial charge < -0.3 is 14.3 Å². The van der Waals surface area contributed by atoms with Crippen molar-refractivity contribution in [1.82, 2.24) is 19.7 Å². The molecule has 0 aliphatic heterocycles. The fourth-order valence-electron chi connectivity index (χ4n) is 2.46. The van der Waals surface area contributed by atoms with Crippen LogP contribution in [0.3, 0.4) is 0 Å². The number of rotatable bonds is 6. The molecule has 0 saturated carbocycles. The second-order valence-corrected chi connectivity index (χ2v) is 8.87. The van der Waals surface area contributed by atoms with Crippen LogP contribution in [0.2, 0.25) is 5.02 Å². The van der Waals surface area contributed by atoms with Gasteiger partial charge in [-0.1, -0.05) is 35.5 Å². The summed E-state index contributed by atoms with van der Waals surface area (Å²) in [7, 11) is 1.82. The largest absolute Gasteiger partial charge is 0.446 e. The van der Waals surface area contributed by atoms with Crippen LogP contribution >= 0.6 is 50.6 Å². The van der Waals surface area contributed by atoms with Crippen molar-refractivity contribution in [1.29, 1.82) is 0 Å². The highest BCUT2D eigenvalue weighted by molar-refractivity contribution is 9.10. The average Bonchev–Trinajstić information content (AvgIpc) is 3.41. The fraction of sp³-hybridized carbons (Fsp3) is 0.111. The molecule has 0 atom stereocenters. The van der Waals surface area contributed by atoms with Gasteiger partial charge in [-0.2, -0.15) is 0 Å². The Kier molecular flexibility index (Phi) is 6.04. The molecule has 4 aromatic rings. The van der Waals surface area contributed by atoms with Crippen molar-refractivity contribution in [2.24, 2.45) is 7.05 Å². The van der Waals surface area contributed by atoms with Crippen molar-refractivity contribution in [2.45, 2.75) is 5.16 Å². The minimum absolute atomic E-state index is 0.169. The lowest BCUT2D eigenvalue weighted by molar-refractivity contribution is -0.113. The number of anilines is 1.